The zero-order valence-corrected chi connectivity index (χ0v) is 18.2. The van der Waals surface area contributed by atoms with Crippen molar-refractivity contribution in [2.75, 3.05) is 10.5 Å². The minimum absolute atomic E-state index is 0.0338. The molecule has 1 aromatic rings. The van der Waals surface area contributed by atoms with E-state index < -0.39 is 21.7 Å². The zero-order chi connectivity index (χ0) is 21.6. The van der Waals surface area contributed by atoms with Crippen LogP contribution in [0.4, 0.5) is 14.5 Å². The van der Waals surface area contributed by atoms with E-state index in [0.717, 1.165) is 23.4 Å². The van der Waals surface area contributed by atoms with Gasteiger partial charge < -0.3 is 10.6 Å². The molecule has 0 spiro atoms. The molecular weight excluding hydrogens is 420 g/mol. The summed E-state index contributed by atoms with van der Waals surface area (Å²) in [6.07, 6.45) is 7.25. The first-order valence-corrected chi connectivity index (χ1v) is 11.4. The highest BCUT2D eigenvalue weighted by Crippen LogP contribution is 2.25. The van der Waals surface area contributed by atoms with Gasteiger partial charge in [0.05, 0.1) is 22.9 Å². The second-order valence-electron chi connectivity index (χ2n) is 6.68. The largest absolute Gasteiger partial charge is 0.382 e. The number of benzene rings is 1. The summed E-state index contributed by atoms with van der Waals surface area (Å²) in [5.41, 5.74) is 1.40. The Morgan fingerprint density at radius 3 is 2.66 bits per heavy atom. The van der Waals surface area contributed by atoms with Crippen molar-refractivity contribution in [3.63, 3.8) is 0 Å². The molecule has 0 saturated heterocycles. The summed E-state index contributed by atoms with van der Waals surface area (Å²) in [5.74, 6) is -1.79. The molecule has 0 amide bonds. The summed E-state index contributed by atoms with van der Waals surface area (Å²) in [7, 11) is -3.67. The minimum Gasteiger partial charge on any atom is -0.382 e. The van der Waals surface area contributed by atoms with Gasteiger partial charge >= 0.3 is 0 Å². The molecule has 1 aliphatic heterocycles. The van der Waals surface area contributed by atoms with Gasteiger partial charge in [0, 0.05) is 23.0 Å². The van der Waals surface area contributed by atoms with Crippen molar-refractivity contribution in [1.82, 2.24) is 10.6 Å². The van der Waals surface area contributed by atoms with Gasteiger partial charge in [-0.15, -0.1) is 11.6 Å². The van der Waals surface area contributed by atoms with Crippen LogP contribution in [0.5, 0.6) is 0 Å². The zero-order valence-electron chi connectivity index (χ0n) is 16.6. The van der Waals surface area contributed by atoms with E-state index in [1.54, 1.807) is 19.2 Å². The lowest BCUT2D eigenvalue weighted by Gasteiger charge is -2.32. The monoisotopic (exact) mass is 445 g/mol. The highest BCUT2D eigenvalue weighted by atomic mass is 35.5. The Kier molecular flexibility index (Phi) is 8.10. The number of halogens is 3. The Morgan fingerprint density at radius 1 is 1.38 bits per heavy atom. The lowest BCUT2D eigenvalue weighted by molar-refractivity contribution is 0.563. The number of anilines is 1. The van der Waals surface area contributed by atoms with Crippen LogP contribution in [0, 0.1) is 11.6 Å². The topological polar surface area (TPSA) is 70.2 Å². The first kappa shape index (κ1) is 23.2. The number of alkyl halides is 1. The molecule has 3 N–H and O–H groups in total. The predicted molar refractivity (Wildman–Crippen MR) is 114 cm³/mol. The van der Waals surface area contributed by atoms with E-state index in [1.807, 2.05) is 26.1 Å². The molecule has 0 radical (unpaired) electrons. The standard InChI is InChI=1S/C20H26ClF2N3O2S/c1-4-11-29(27,28)26-18-9-8-16(22)14(19(18)23)7-6-10-24-17(5-2)15-12-25-20(15)13(3)21/h5-6,8-10,12-13,20,24-26H,4,7,11H2,1-3H3/b10-6+,17-5+/t13-,20+/m1/s1. The number of rotatable bonds is 10. The molecule has 5 nitrogen and oxygen atoms in total. The van der Waals surface area contributed by atoms with Crippen LogP contribution in [-0.4, -0.2) is 25.6 Å². The van der Waals surface area contributed by atoms with Crippen LogP contribution >= 0.6 is 11.6 Å². The quantitative estimate of drug-likeness (QED) is 0.473. The van der Waals surface area contributed by atoms with Gasteiger partial charge in [0.15, 0.2) is 5.82 Å². The second kappa shape index (κ2) is 10.1. The van der Waals surface area contributed by atoms with Crippen molar-refractivity contribution in [3.05, 3.63) is 65.2 Å². The van der Waals surface area contributed by atoms with E-state index in [4.69, 9.17) is 11.6 Å². The maximum absolute atomic E-state index is 14.6. The minimum atomic E-state index is -3.67. The van der Waals surface area contributed by atoms with E-state index in [0.29, 0.717) is 6.42 Å². The average molecular weight is 446 g/mol. The third-order valence-electron chi connectivity index (χ3n) is 4.42. The van der Waals surface area contributed by atoms with Gasteiger partial charge in [-0.2, -0.15) is 0 Å². The van der Waals surface area contributed by atoms with Crippen molar-refractivity contribution in [1.29, 1.82) is 0 Å². The van der Waals surface area contributed by atoms with Crippen molar-refractivity contribution >= 4 is 27.3 Å². The number of sulfonamides is 1. The van der Waals surface area contributed by atoms with Crippen LogP contribution < -0.4 is 15.4 Å². The summed E-state index contributed by atoms with van der Waals surface area (Å²) in [6, 6.07) is 2.18. The van der Waals surface area contributed by atoms with E-state index >= 15 is 0 Å². The van der Waals surface area contributed by atoms with Crippen LogP contribution in [-0.2, 0) is 16.4 Å². The molecule has 0 unspecified atom stereocenters. The molecule has 0 aliphatic carbocycles. The molecule has 1 aromatic carbocycles. The predicted octanol–water partition coefficient (Wildman–Crippen LogP) is 4.15. The van der Waals surface area contributed by atoms with Crippen molar-refractivity contribution in [2.24, 2.45) is 0 Å². The van der Waals surface area contributed by atoms with Crippen molar-refractivity contribution in [2.45, 2.75) is 45.0 Å². The van der Waals surface area contributed by atoms with Gasteiger partial charge in [0.25, 0.3) is 0 Å². The van der Waals surface area contributed by atoms with E-state index in [-0.39, 0.29) is 34.8 Å². The Hall–Kier alpha value is -2.06. The molecule has 2 rings (SSSR count). The van der Waals surface area contributed by atoms with Crippen molar-refractivity contribution < 1.29 is 17.2 Å². The molecule has 0 bridgehead atoms. The fourth-order valence-electron chi connectivity index (χ4n) is 2.90. The number of nitrogens with one attached hydrogen (secondary N) is 3. The van der Waals surface area contributed by atoms with Crippen LogP contribution in [0.15, 0.2) is 48.0 Å². The summed E-state index contributed by atoms with van der Waals surface area (Å²) < 4.78 is 54.6. The van der Waals surface area contributed by atoms with Gasteiger partial charge in [-0.25, -0.2) is 17.2 Å². The smallest absolute Gasteiger partial charge is 0.232 e. The highest BCUT2D eigenvalue weighted by molar-refractivity contribution is 7.92. The van der Waals surface area contributed by atoms with Gasteiger partial charge in [-0.1, -0.05) is 19.1 Å². The Balaban J connectivity index is 2.07. The maximum Gasteiger partial charge on any atom is 0.232 e. The Bertz CT molecular complexity index is 928. The molecule has 160 valence electrons. The van der Waals surface area contributed by atoms with E-state index in [2.05, 4.69) is 15.4 Å². The average Bonchev–Trinajstić information content (AvgIpc) is 2.60. The molecule has 29 heavy (non-hydrogen) atoms. The Morgan fingerprint density at radius 2 is 2.10 bits per heavy atom. The summed E-state index contributed by atoms with van der Waals surface area (Å²) in [4.78, 5) is 0. The first-order chi connectivity index (χ1) is 13.7. The molecular formula is C20H26ClF2N3O2S. The highest BCUT2D eigenvalue weighted by Gasteiger charge is 2.27. The molecule has 1 heterocycles. The van der Waals surface area contributed by atoms with E-state index in [9.17, 15) is 17.2 Å². The van der Waals surface area contributed by atoms with Crippen LogP contribution in [0.1, 0.15) is 32.8 Å². The number of hydrogen-bond acceptors (Lipinski definition) is 4. The van der Waals surface area contributed by atoms with Crippen LogP contribution in [0.3, 0.4) is 0 Å². The lowest BCUT2D eigenvalue weighted by atomic mass is 9.96. The van der Waals surface area contributed by atoms with Crippen molar-refractivity contribution in [3.8, 4) is 0 Å². The lowest BCUT2D eigenvalue weighted by Crippen LogP contribution is -2.44. The maximum atomic E-state index is 14.6. The molecule has 0 aromatic heterocycles. The Labute approximate surface area is 176 Å². The van der Waals surface area contributed by atoms with Crippen LogP contribution in [0.25, 0.3) is 0 Å². The molecule has 2 atom stereocenters. The van der Waals surface area contributed by atoms with E-state index in [1.165, 1.54) is 0 Å². The molecule has 9 heteroatoms. The first-order valence-electron chi connectivity index (χ1n) is 9.36. The van der Waals surface area contributed by atoms with Gasteiger partial charge in [-0.3, -0.25) is 4.72 Å². The second-order valence-corrected chi connectivity index (χ2v) is 9.21. The normalized spacial score (nSPS) is 18.1. The fourth-order valence-corrected chi connectivity index (χ4v) is 4.24. The number of hydrogen-bond donors (Lipinski definition) is 3. The summed E-state index contributed by atoms with van der Waals surface area (Å²) >= 11 is 6.12. The third-order valence-corrected chi connectivity index (χ3v) is 6.14. The third kappa shape index (κ3) is 5.96. The number of allylic oxidation sites excluding steroid dienone is 2. The van der Waals surface area contributed by atoms with Gasteiger partial charge in [0.2, 0.25) is 10.0 Å². The fraction of sp³-hybridized carbons (Fsp3) is 0.400. The van der Waals surface area contributed by atoms with Crippen LogP contribution in [0.2, 0.25) is 0 Å². The SMILES string of the molecule is C/C=C(/N/C=C/Cc1c(F)ccc(NS(=O)(=O)CCC)c1F)C1=CN[C@H]1[C@@H](C)Cl. The summed E-state index contributed by atoms with van der Waals surface area (Å²) in [6.45, 7) is 5.47. The molecule has 0 saturated carbocycles. The molecule has 0 fully saturated rings. The molecule has 1 aliphatic rings. The summed E-state index contributed by atoms with van der Waals surface area (Å²) in [5, 5.41) is 6.13. The van der Waals surface area contributed by atoms with Gasteiger partial charge in [-0.05, 0) is 45.0 Å². The van der Waals surface area contributed by atoms with Gasteiger partial charge in [0.1, 0.15) is 5.82 Å².